The molecule has 0 aromatic heterocycles. The Morgan fingerprint density at radius 3 is 1.63 bits per heavy atom. The molecule has 112 valence electrons. The van der Waals surface area contributed by atoms with Crippen LogP contribution < -0.4 is 5.32 Å². The monoisotopic (exact) mass is 265 g/mol. The Labute approximate surface area is 120 Å². The number of nitrogens with one attached hydrogen (secondary N) is 1. The van der Waals surface area contributed by atoms with Crippen LogP contribution in [0.15, 0.2) is 0 Å². The van der Waals surface area contributed by atoms with Gasteiger partial charge in [0.05, 0.1) is 0 Å². The molecule has 0 atom stereocenters. The molecule has 0 unspecified atom stereocenters. The fourth-order valence-corrected chi connectivity index (χ4v) is 4.08. The molecular formula is C18H35N. The van der Waals surface area contributed by atoms with E-state index in [1.807, 2.05) is 0 Å². The van der Waals surface area contributed by atoms with E-state index >= 15 is 0 Å². The molecule has 2 aliphatic carbocycles. The van der Waals surface area contributed by atoms with Crippen LogP contribution in [-0.2, 0) is 0 Å². The van der Waals surface area contributed by atoms with Crippen LogP contribution in [0.2, 0.25) is 0 Å². The van der Waals surface area contributed by atoms with Crippen molar-refractivity contribution in [2.24, 2.45) is 11.3 Å². The van der Waals surface area contributed by atoms with Crippen LogP contribution in [0.4, 0.5) is 0 Å². The van der Waals surface area contributed by atoms with Crippen LogP contribution >= 0.6 is 0 Å². The lowest BCUT2D eigenvalue weighted by Gasteiger charge is -2.38. The van der Waals surface area contributed by atoms with Crippen LogP contribution in [0, 0.1) is 11.3 Å². The number of hydrogen-bond acceptors (Lipinski definition) is 1. The second-order valence-corrected chi connectivity index (χ2v) is 8.12. The first-order valence-corrected chi connectivity index (χ1v) is 8.82. The Bertz CT molecular complexity index is 237. The van der Waals surface area contributed by atoms with Crippen molar-refractivity contribution >= 4 is 0 Å². The van der Waals surface area contributed by atoms with Gasteiger partial charge in [0.15, 0.2) is 0 Å². The van der Waals surface area contributed by atoms with Crippen molar-refractivity contribution in [3.8, 4) is 0 Å². The average molecular weight is 265 g/mol. The summed E-state index contributed by atoms with van der Waals surface area (Å²) in [6.45, 7) is 7.25. The Balaban J connectivity index is 1.72. The van der Waals surface area contributed by atoms with E-state index in [2.05, 4.69) is 26.1 Å². The summed E-state index contributed by atoms with van der Waals surface area (Å²) in [7, 11) is 0. The third-order valence-corrected chi connectivity index (χ3v) is 5.53. The molecular weight excluding hydrogens is 230 g/mol. The molecule has 2 saturated carbocycles. The molecule has 0 radical (unpaired) electrons. The molecule has 1 N–H and O–H groups in total. The van der Waals surface area contributed by atoms with Crippen molar-refractivity contribution in [1.29, 1.82) is 0 Å². The highest BCUT2D eigenvalue weighted by molar-refractivity contribution is 4.85. The molecule has 0 amide bonds. The van der Waals surface area contributed by atoms with Gasteiger partial charge < -0.3 is 5.32 Å². The van der Waals surface area contributed by atoms with E-state index in [0.29, 0.717) is 5.41 Å². The first-order valence-electron chi connectivity index (χ1n) is 8.82. The molecule has 0 aromatic carbocycles. The fraction of sp³-hybridized carbons (Fsp3) is 1.00. The van der Waals surface area contributed by atoms with E-state index in [1.54, 1.807) is 0 Å². The second kappa shape index (κ2) is 7.11. The molecule has 0 saturated heterocycles. The zero-order valence-electron chi connectivity index (χ0n) is 13.5. The van der Waals surface area contributed by atoms with E-state index in [1.165, 1.54) is 70.6 Å². The summed E-state index contributed by atoms with van der Waals surface area (Å²) in [6.07, 6.45) is 15.9. The highest BCUT2D eigenvalue weighted by Gasteiger charge is 2.30. The Morgan fingerprint density at radius 2 is 1.11 bits per heavy atom. The van der Waals surface area contributed by atoms with Gasteiger partial charge >= 0.3 is 0 Å². The van der Waals surface area contributed by atoms with Crippen molar-refractivity contribution in [3.63, 3.8) is 0 Å². The van der Waals surface area contributed by atoms with Gasteiger partial charge in [-0.1, -0.05) is 52.9 Å². The summed E-state index contributed by atoms with van der Waals surface area (Å²) < 4.78 is 0. The lowest BCUT2D eigenvalue weighted by Crippen LogP contribution is -2.42. The molecule has 0 aliphatic heterocycles. The normalized spacial score (nSPS) is 31.7. The van der Waals surface area contributed by atoms with E-state index in [0.717, 1.165) is 18.0 Å². The van der Waals surface area contributed by atoms with Crippen molar-refractivity contribution in [1.82, 2.24) is 5.32 Å². The average Bonchev–Trinajstić information content (AvgIpc) is 2.32. The minimum atomic E-state index is 0.519. The molecule has 1 heteroatoms. The molecule has 2 aliphatic rings. The van der Waals surface area contributed by atoms with Gasteiger partial charge in [0.1, 0.15) is 0 Å². The van der Waals surface area contributed by atoms with Crippen molar-refractivity contribution in [2.75, 3.05) is 0 Å². The first kappa shape index (κ1) is 15.4. The van der Waals surface area contributed by atoms with Gasteiger partial charge in [0.25, 0.3) is 0 Å². The molecule has 2 fully saturated rings. The van der Waals surface area contributed by atoms with Crippen molar-refractivity contribution < 1.29 is 0 Å². The summed E-state index contributed by atoms with van der Waals surface area (Å²) in [5, 5.41) is 4.00. The van der Waals surface area contributed by atoms with Crippen LogP contribution in [0.5, 0.6) is 0 Å². The van der Waals surface area contributed by atoms with E-state index in [-0.39, 0.29) is 0 Å². The predicted octanol–water partition coefficient (Wildman–Crippen LogP) is 5.29. The van der Waals surface area contributed by atoms with Crippen LogP contribution in [0.3, 0.4) is 0 Å². The first-order chi connectivity index (χ1) is 9.05. The van der Waals surface area contributed by atoms with Gasteiger partial charge in [-0.15, -0.1) is 0 Å². The number of rotatable bonds is 2. The van der Waals surface area contributed by atoms with E-state index < -0.39 is 0 Å². The zero-order valence-corrected chi connectivity index (χ0v) is 13.5. The van der Waals surface area contributed by atoms with Gasteiger partial charge in [-0.3, -0.25) is 0 Å². The third-order valence-electron chi connectivity index (χ3n) is 5.53. The van der Waals surface area contributed by atoms with Crippen molar-refractivity contribution in [3.05, 3.63) is 0 Å². The van der Waals surface area contributed by atoms with Gasteiger partial charge in [0.2, 0.25) is 0 Å². The molecule has 19 heavy (non-hydrogen) atoms. The molecule has 0 aromatic rings. The minimum Gasteiger partial charge on any atom is -0.311 e. The molecule has 2 rings (SSSR count). The minimum absolute atomic E-state index is 0.519. The lowest BCUT2D eigenvalue weighted by atomic mass is 9.71. The molecule has 0 bridgehead atoms. The Morgan fingerprint density at radius 1 is 0.632 bits per heavy atom. The second-order valence-electron chi connectivity index (χ2n) is 8.12. The Hall–Kier alpha value is -0.0400. The Kier molecular flexibility index (Phi) is 5.74. The van der Waals surface area contributed by atoms with Crippen LogP contribution in [-0.4, -0.2) is 12.1 Å². The van der Waals surface area contributed by atoms with E-state index in [9.17, 15) is 0 Å². The summed E-state index contributed by atoms with van der Waals surface area (Å²) >= 11 is 0. The van der Waals surface area contributed by atoms with Gasteiger partial charge in [0, 0.05) is 12.1 Å². The highest BCUT2D eigenvalue weighted by Crippen LogP contribution is 2.38. The summed E-state index contributed by atoms with van der Waals surface area (Å²) in [4.78, 5) is 0. The topological polar surface area (TPSA) is 12.0 Å². The van der Waals surface area contributed by atoms with E-state index in [4.69, 9.17) is 0 Å². The lowest BCUT2D eigenvalue weighted by molar-refractivity contribution is 0.153. The predicted molar refractivity (Wildman–Crippen MR) is 84.4 cm³/mol. The molecule has 0 spiro atoms. The standard InChI is InChI=1S/C18H35N/c1-18(2,3)15-11-13-17(14-12-15)19-16-9-7-5-4-6-8-10-16/h15-17,19H,4-14H2,1-3H3. The maximum atomic E-state index is 4.00. The SMILES string of the molecule is CC(C)(C)C1CCC(NC2CCCCCCC2)CC1. The van der Waals surface area contributed by atoms with Gasteiger partial charge in [-0.05, 0) is 49.9 Å². The fourth-order valence-electron chi connectivity index (χ4n) is 4.08. The summed E-state index contributed by atoms with van der Waals surface area (Å²) in [6, 6.07) is 1.65. The van der Waals surface area contributed by atoms with Crippen LogP contribution in [0.25, 0.3) is 0 Å². The largest absolute Gasteiger partial charge is 0.311 e. The number of hydrogen-bond donors (Lipinski definition) is 1. The maximum absolute atomic E-state index is 4.00. The molecule has 1 nitrogen and oxygen atoms in total. The highest BCUT2D eigenvalue weighted by atomic mass is 14.9. The quantitative estimate of drug-likeness (QED) is 0.715. The zero-order chi connectivity index (χ0) is 13.7. The third kappa shape index (κ3) is 5.10. The summed E-state index contributed by atoms with van der Waals surface area (Å²) in [5.74, 6) is 0.947. The van der Waals surface area contributed by atoms with Crippen molar-refractivity contribution in [2.45, 2.75) is 103 Å². The maximum Gasteiger partial charge on any atom is 0.00698 e. The smallest absolute Gasteiger partial charge is 0.00698 e. The van der Waals surface area contributed by atoms with Crippen LogP contribution in [0.1, 0.15) is 91.4 Å². The molecule has 0 heterocycles. The van der Waals surface area contributed by atoms with Gasteiger partial charge in [-0.25, -0.2) is 0 Å². The summed E-state index contributed by atoms with van der Waals surface area (Å²) in [5.41, 5.74) is 0.519. The van der Waals surface area contributed by atoms with Gasteiger partial charge in [-0.2, -0.15) is 0 Å².